The van der Waals surface area contributed by atoms with Crippen LogP contribution in [0.5, 0.6) is 0 Å². The van der Waals surface area contributed by atoms with Crippen LogP contribution in [0.2, 0.25) is 0 Å². The molecule has 0 heterocycles. The van der Waals surface area contributed by atoms with Crippen molar-refractivity contribution in [1.82, 2.24) is 0 Å². The molecule has 0 spiro atoms. The molecular formula is C8H16O. The van der Waals surface area contributed by atoms with Gasteiger partial charge >= 0.3 is 0 Å². The molecule has 1 saturated carbocycles. The first-order valence-corrected chi connectivity index (χ1v) is 3.69. The van der Waals surface area contributed by atoms with E-state index < -0.39 is 0 Å². The molecule has 1 heteroatoms. The summed E-state index contributed by atoms with van der Waals surface area (Å²) in [4.78, 5) is 0. The Kier molecular flexibility index (Phi) is 1.80. The van der Waals surface area contributed by atoms with Crippen molar-refractivity contribution in [2.24, 2.45) is 5.41 Å². The Morgan fingerprint density at radius 2 is 2.11 bits per heavy atom. The third-order valence-corrected chi connectivity index (χ3v) is 2.44. The minimum atomic E-state index is 0.439. The molecule has 0 amide bonds. The molecule has 1 atom stereocenters. The maximum atomic E-state index is 5.33. The van der Waals surface area contributed by atoms with E-state index in [9.17, 15) is 0 Å². The molecule has 9 heavy (non-hydrogen) atoms. The van der Waals surface area contributed by atoms with E-state index in [2.05, 4.69) is 13.8 Å². The molecule has 1 rings (SSSR count). The first kappa shape index (κ1) is 7.07. The highest BCUT2D eigenvalue weighted by molar-refractivity contribution is 4.85. The molecular weight excluding hydrogens is 112 g/mol. The van der Waals surface area contributed by atoms with Crippen molar-refractivity contribution in [3.63, 3.8) is 0 Å². The van der Waals surface area contributed by atoms with Crippen LogP contribution in [-0.4, -0.2) is 13.2 Å². The lowest BCUT2D eigenvalue weighted by molar-refractivity contribution is 0.0308. The van der Waals surface area contributed by atoms with E-state index in [-0.39, 0.29) is 0 Å². The van der Waals surface area contributed by atoms with Gasteiger partial charge in [0.2, 0.25) is 0 Å². The molecule has 0 aromatic rings. The topological polar surface area (TPSA) is 9.23 Å². The molecule has 54 valence electrons. The van der Waals surface area contributed by atoms with E-state index in [1.165, 1.54) is 19.3 Å². The molecule has 0 saturated heterocycles. The SMILES string of the molecule is COC1CCCC1(C)C. The van der Waals surface area contributed by atoms with E-state index in [1.54, 1.807) is 0 Å². The Hall–Kier alpha value is -0.0400. The van der Waals surface area contributed by atoms with E-state index in [0.717, 1.165) is 0 Å². The van der Waals surface area contributed by atoms with Crippen molar-refractivity contribution < 1.29 is 4.74 Å². The Bertz CT molecular complexity index is 96.7. The number of hydrogen-bond acceptors (Lipinski definition) is 1. The first-order valence-electron chi connectivity index (χ1n) is 3.69. The molecule has 0 aromatic heterocycles. The van der Waals surface area contributed by atoms with Gasteiger partial charge in [-0.05, 0) is 18.3 Å². The Morgan fingerprint density at radius 3 is 2.33 bits per heavy atom. The molecule has 0 radical (unpaired) electrons. The lowest BCUT2D eigenvalue weighted by atomic mass is 9.89. The van der Waals surface area contributed by atoms with Gasteiger partial charge in [-0.1, -0.05) is 20.3 Å². The summed E-state index contributed by atoms with van der Waals surface area (Å²) < 4.78 is 5.33. The minimum Gasteiger partial charge on any atom is -0.381 e. The van der Waals surface area contributed by atoms with Crippen LogP contribution in [0.3, 0.4) is 0 Å². The summed E-state index contributed by atoms with van der Waals surface area (Å²) in [6.45, 7) is 4.57. The normalized spacial score (nSPS) is 33.0. The van der Waals surface area contributed by atoms with E-state index in [1.807, 2.05) is 7.11 Å². The summed E-state index contributed by atoms with van der Waals surface area (Å²) in [6, 6.07) is 0. The Labute approximate surface area is 57.4 Å². The van der Waals surface area contributed by atoms with Gasteiger partial charge in [0.05, 0.1) is 6.10 Å². The van der Waals surface area contributed by atoms with Crippen LogP contribution in [0, 0.1) is 5.41 Å². The van der Waals surface area contributed by atoms with E-state index in [4.69, 9.17) is 4.74 Å². The van der Waals surface area contributed by atoms with Crippen LogP contribution in [0.25, 0.3) is 0 Å². The van der Waals surface area contributed by atoms with Crippen molar-refractivity contribution in [1.29, 1.82) is 0 Å². The van der Waals surface area contributed by atoms with Gasteiger partial charge in [-0.15, -0.1) is 0 Å². The minimum absolute atomic E-state index is 0.439. The molecule has 1 aliphatic rings. The van der Waals surface area contributed by atoms with Crippen LogP contribution < -0.4 is 0 Å². The number of rotatable bonds is 1. The van der Waals surface area contributed by atoms with Crippen LogP contribution in [0.1, 0.15) is 33.1 Å². The first-order chi connectivity index (χ1) is 4.17. The summed E-state index contributed by atoms with van der Waals surface area (Å²) in [5.74, 6) is 0. The molecule has 0 bridgehead atoms. The maximum Gasteiger partial charge on any atom is 0.0622 e. The molecule has 0 aliphatic heterocycles. The van der Waals surface area contributed by atoms with Gasteiger partial charge in [-0.2, -0.15) is 0 Å². The summed E-state index contributed by atoms with van der Waals surface area (Å²) in [5.41, 5.74) is 0.439. The molecule has 1 aliphatic carbocycles. The monoisotopic (exact) mass is 128 g/mol. The average Bonchev–Trinajstić information content (AvgIpc) is 2.08. The van der Waals surface area contributed by atoms with Gasteiger partial charge in [-0.25, -0.2) is 0 Å². The third kappa shape index (κ3) is 1.26. The van der Waals surface area contributed by atoms with Gasteiger partial charge in [0, 0.05) is 7.11 Å². The van der Waals surface area contributed by atoms with Crippen molar-refractivity contribution >= 4 is 0 Å². The maximum absolute atomic E-state index is 5.33. The second-order valence-electron chi connectivity index (χ2n) is 3.61. The van der Waals surface area contributed by atoms with Gasteiger partial charge in [0.25, 0.3) is 0 Å². The van der Waals surface area contributed by atoms with Crippen molar-refractivity contribution in [3.05, 3.63) is 0 Å². The highest BCUT2D eigenvalue weighted by atomic mass is 16.5. The number of hydrogen-bond donors (Lipinski definition) is 0. The lowest BCUT2D eigenvalue weighted by Crippen LogP contribution is -2.24. The predicted molar refractivity (Wildman–Crippen MR) is 38.4 cm³/mol. The van der Waals surface area contributed by atoms with Gasteiger partial charge in [0.15, 0.2) is 0 Å². The summed E-state index contributed by atoms with van der Waals surface area (Å²) in [5, 5.41) is 0. The van der Waals surface area contributed by atoms with Crippen molar-refractivity contribution in [2.75, 3.05) is 7.11 Å². The van der Waals surface area contributed by atoms with Crippen LogP contribution in [0.4, 0.5) is 0 Å². The third-order valence-electron chi connectivity index (χ3n) is 2.44. The quantitative estimate of drug-likeness (QED) is 0.526. The molecule has 1 nitrogen and oxygen atoms in total. The van der Waals surface area contributed by atoms with Crippen LogP contribution >= 0.6 is 0 Å². The van der Waals surface area contributed by atoms with Gasteiger partial charge in [0.1, 0.15) is 0 Å². The second-order valence-corrected chi connectivity index (χ2v) is 3.61. The zero-order valence-corrected chi connectivity index (χ0v) is 6.61. The highest BCUT2D eigenvalue weighted by Gasteiger charge is 2.34. The molecule has 1 unspecified atom stereocenters. The zero-order chi connectivity index (χ0) is 6.91. The Balaban J connectivity index is 2.52. The summed E-state index contributed by atoms with van der Waals surface area (Å²) >= 11 is 0. The second kappa shape index (κ2) is 2.30. The van der Waals surface area contributed by atoms with Gasteiger partial charge < -0.3 is 4.74 Å². The number of ether oxygens (including phenoxy) is 1. The summed E-state index contributed by atoms with van der Waals surface area (Å²) in [7, 11) is 1.82. The average molecular weight is 128 g/mol. The van der Waals surface area contributed by atoms with Crippen LogP contribution in [-0.2, 0) is 4.74 Å². The van der Waals surface area contributed by atoms with Crippen LogP contribution in [0.15, 0.2) is 0 Å². The fourth-order valence-electron chi connectivity index (χ4n) is 1.73. The molecule has 1 fully saturated rings. The smallest absolute Gasteiger partial charge is 0.0622 e. The van der Waals surface area contributed by atoms with E-state index >= 15 is 0 Å². The Morgan fingerprint density at radius 1 is 1.44 bits per heavy atom. The lowest BCUT2D eigenvalue weighted by Gasteiger charge is -2.24. The van der Waals surface area contributed by atoms with E-state index in [0.29, 0.717) is 11.5 Å². The molecule has 0 N–H and O–H groups in total. The van der Waals surface area contributed by atoms with Crippen molar-refractivity contribution in [2.45, 2.75) is 39.2 Å². The fraction of sp³-hybridized carbons (Fsp3) is 1.00. The largest absolute Gasteiger partial charge is 0.381 e. The van der Waals surface area contributed by atoms with Crippen molar-refractivity contribution in [3.8, 4) is 0 Å². The standard InChI is InChI=1S/C8H16O/c1-8(2)6-4-5-7(8)9-3/h7H,4-6H2,1-3H3. The number of methoxy groups -OCH3 is 1. The predicted octanol–water partition coefficient (Wildman–Crippen LogP) is 2.21. The molecule has 0 aromatic carbocycles. The highest BCUT2D eigenvalue weighted by Crippen LogP contribution is 2.38. The summed E-state index contributed by atoms with van der Waals surface area (Å²) in [6.07, 6.45) is 4.43. The zero-order valence-electron chi connectivity index (χ0n) is 6.61. The fourth-order valence-corrected chi connectivity index (χ4v) is 1.73. The van der Waals surface area contributed by atoms with Gasteiger partial charge in [-0.3, -0.25) is 0 Å².